The summed E-state index contributed by atoms with van der Waals surface area (Å²) in [5, 5.41) is 4.16. The summed E-state index contributed by atoms with van der Waals surface area (Å²) in [6.45, 7) is 3.04. The lowest BCUT2D eigenvalue weighted by atomic mass is 10.3. The fraction of sp³-hybridized carbons (Fsp3) is 0.636. The fourth-order valence-electron chi connectivity index (χ4n) is 1.62. The Kier molecular flexibility index (Phi) is 5.14. The molecule has 1 aromatic heterocycles. The number of rotatable bonds is 5. The van der Waals surface area contributed by atoms with Crippen LogP contribution in [0.2, 0.25) is 0 Å². The standard InChI is InChI=1S/C11H18BrN3O2/c1-8-5-10(15(3)13-8)11(16)14(2)6-9(12)7-17-4/h5,9H,6-7H2,1-4H3. The van der Waals surface area contributed by atoms with Crippen LogP contribution in [0, 0.1) is 6.92 Å². The number of carbonyl (C=O) groups is 1. The molecule has 0 fully saturated rings. The van der Waals surface area contributed by atoms with Crippen molar-refractivity contribution in [2.45, 2.75) is 11.8 Å². The molecule has 1 aromatic rings. The van der Waals surface area contributed by atoms with Gasteiger partial charge in [0.05, 0.1) is 17.1 Å². The summed E-state index contributed by atoms with van der Waals surface area (Å²) in [4.78, 5) is 13.9. The van der Waals surface area contributed by atoms with Crippen molar-refractivity contribution in [3.05, 3.63) is 17.5 Å². The highest BCUT2D eigenvalue weighted by atomic mass is 79.9. The molecule has 6 heteroatoms. The summed E-state index contributed by atoms with van der Waals surface area (Å²) >= 11 is 3.46. The lowest BCUT2D eigenvalue weighted by molar-refractivity contribution is 0.0773. The first-order valence-electron chi connectivity index (χ1n) is 5.34. The smallest absolute Gasteiger partial charge is 0.271 e. The Morgan fingerprint density at radius 3 is 2.82 bits per heavy atom. The minimum atomic E-state index is -0.0337. The molecule has 0 aromatic carbocycles. The summed E-state index contributed by atoms with van der Waals surface area (Å²) in [6.07, 6.45) is 0. The van der Waals surface area contributed by atoms with E-state index < -0.39 is 0 Å². The van der Waals surface area contributed by atoms with Gasteiger partial charge in [-0.15, -0.1) is 0 Å². The van der Waals surface area contributed by atoms with Crippen molar-refractivity contribution in [1.82, 2.24) is 14.7 Å². The Labute approximate surface area is 110 Å². The van der Waals surface area contributed by atoms with E-state index >= 15 is 0 Å². The van der Waals surface area contributed by atoms with E-state index in [4.69, 9.17) is 4.74 Å². The Balaban J connectivity index is 2.66. The number of aromatic nitrogens is 2. The van der Waals surface area contributed by atoms with Crippen LogP contribution in [0.4, 0.5) is 0 Å². The van der Waals surface area contributed by atoms with Crippen molar-refractivity contribution in [2.24, 2.45) is 7.05 Å². The maximum atomic E-state index is 12.1. The summed E-state index contributed by atoms with van der Waals surface area (Å²) in [7, 11) is 5.18. The molecule has 5 nitrogen and oxygen atoms in total. The molecule has 0 aliphatic rings. The zero-order valence-electron chi connectivity index (χ0n) is 10.6. The van der Waals surface area contributed by atoms with E-state index in [9.17, 15) is 4.79 Å². The third kappa shape index (κ3) is 3.81. The molecule has 1 heterocycles. The van der Waals surface area contributed by atoms with E-state index in [1.165, 1.54) is 0 Å². The van der Waals surface area contributed by atoms with Gasteiger partial charge in [-0.05, 0) is 13.0 Å². The summed E-state index contributed by atoms with van der Waals surface area (Å²) in [5.41, 5.74) is 1.44. The van der Waals surface area contributed by atoms with Gasteiger partial charge in [-0.1, -0.05) is 15.9 Å². The topological polar surface area (TPSA) is 47.4 Å². The number of alkyl halides is 1. The third-order valence-electron chi connectivity index (χ3n) is 2.39. The monoisotopic (exact) mass is 303 g/mol. The molecule has 0 saturated carbocycles. The number of ether oxygens (including phenoxy) is 1. The average Bonchev–Trinajstić information content (AvgIpc) is 2.56. The molecule has 0 spiro atoms. The van der Waals surface area contributed by atoms with Crippen LogP contribution in [-0.4, -0.2) is 52.7 Å². The molecule has 1 amide bonds. The highest BCUT2D eigenvalue weighted by molar-refractivity contribution is 9.09. The number of hydrogen-bond donors (Lipinski definition) is 0. The van der Waals surface area contributed by atoms with Gasteiger partial charge >= 0.3 is 0 Å². The number of carbonyl (C=O) groups excluding carboxylic acids is 1. The molecule has 1 atom stereocenters. The van der Waals surface area contributed by atoms with Gasteiger partial charge in [-0.2, -0.15) is 5.10 Å². The number of nitrogens with zero attached hydrogens (tertiary/aromatic N) is 3. The molecule has 0 bridgehead atoms. The zero-order valence-corrected chi connectivity index (χ0v) is 12.2. The largest absolute Gasteiger partial charge is 0.383 e. The maximum Gasteiger partial charge on any atom is 0.271 e. The van der Waals surface area contributed by atoms with Gasteiger partial charge < -0.3 is 9.64 Å². The van der Waals surface area contributed by atoms with Crippen molar-refractivity contribution in [2.75, 3.05) is 27.3 Å². The molecule has 1 unspecified atom stereocenters. The van der Waals surface area contributed by atoms with E-state index in [1.807, 2.05) is 6.92 Å². The third-order valence-corrected chi connectivity index (χ3v) is 2.94. The van der Waals surface area contributed by atoms with Crippen LogP contribution in [0.25, 0.3) is 0 Å². The number of aryl methyl sites for hydroxylation is 2. The van der Waals surface area contributed by atoms with Crippen molar-refractivity contribution >= 4 is 21.8 Å². The molecule has 0 aliphatic carbocycles. The van der Waals surface area contributed by atoms with Crippen molar-refractivity contribution in [3.8, 4) is 0 Å². The Bertz CT molecular complexity index is 392. The van der Waals surface area contributed by atoms with Crippen LogP contribution >= 0.6 is 15.9 Å². The molecule has 0 radical (unpaired) electrons. The minimum absolute atomic E-state index is 0.0337. The van der Waals surface area contributed by atoms with Gasteiger partial charge in [0.1, 0.15) is 5.69 Å². The van der Waals surface area contributed by atoms with Gasteiger partial charge in [-0.3, -0.25) is 9.48 Å². The second-order valence-corrected chi connectivity index (χ2v) is 5.33. The second kappa shape index (κ2) is 6.16. The van der Waals surface area contributed by atoms with E-state index in [0.717, 1.165) is 5.69 Å². The van der Waals surface area contributed by atoms with Gasteiger partial charge in [0.2, 0.25) is 0 Å². The van der Waals surface area contributed by atoms with Crippen LogP contribution < -0.4 is 0 Å². The highest BCUT2D eigenvalue weighted by Crippen LogP contribution is 2.08. The quantitative estimate of drug-likeness (QED) is 0.768. The molecule has 0 saturated heterocycles. The molecule has 0 aliphatic heterocycles. The number of methoxy groups -OCH3 is 1. The predicted molar refractivity (Wildman–Crippen MR) is 69.5 cm³/mol. The van der Waals surface area contributed by atoms with Gasteiger partial charge in [-0.25, -0.2) is 0 Å². The zero-order chi connectivity index (χ0) is 13.0. The van der Waals surface area contributed by atoms with Gasteiger partial charge in [0.15, 0.2) is 0 Å². The lowest BCUT2D eigenvalue weighted by Crippen LogP contribution is -2.34. The Morgan fingerprint density at radius 1 is 1.71 bits per heavy atom. The van der Waals surface area contributed by atoms with Gasteiger partial charge in [0.25, 0.3) is 5.91 Å². The summed E-state index contributed by atoms with van der Waals surface area (Å²) in [5.74, 6) is -0.0337. The fourth-order valence-corrected chi connectivity index (χ4v) is 2.32. The molecular weight excluding hydrogens is 286 g/mol. The lowest BCUT2D eigenvalue weighted by Gasteiger charge is -2.20. The maximum absolute atomic E-state index is 12.1. The normalized spacial score (nSPS) is 12.5. The van der Waals surface area contributed by atoms with E-state index in [1.54, 1.807) is 36.9 Å². The van der Waals surface area contributed by atoms with E-state index in [-0.39, 0.29) is 10.7 Å². The first-order valence-corrected chi connectivity index (χ1v) is 6.26. The van der Waals surface area contributed by atoms with E-state index in [0.29, 0.717) is 18.8 Å². The van der Waals surface area contributed by atoms with Crippen LogP contribution in [-0.2, 0) is 11.8 Å². The van der Waals surface area contributed by atoms with Crippen molar-refractivity contribution in [1.29, 1.82) is 0 Å². The number of hydrogen-bond acceptors (Lipinski definition) is 3. The van der Waals surface area contributed by atoms with Crippen LogP contribution in [0.5, 0.6) is 0 Å². The molecule has 1 rings (SSSR count). The minimum Gasteiger partial charge on any atom is -0.383 e. The SMILES string of the molecule is COCC(Br)CN(C)C(=O)c1cc(C)nn1C. The van der Waals surface area contributed by atoms with Crippen LogP contribution in [0.3, 0.4) is 0 Å². The average molecular weight is 304 g/mol. The van der Waals surface area contributed by atoms with Crippen molar-refractivity contribution in [3.63, 3.8) is 0 Å². The first-order chi connectivity index (χ1) is 7.95. The molecule has 17 heavy (non-hydrogen) atoms. The van der Waals surface area contributed by atoms with Crippen LogP contribution in [0.1, 0.15) is 16.2 Å². The van der Waals surface area contributed by atoms with Crippen LogP contribution in [0.15, 0.2) is 6.07 Å². The Hall–Kier alpha value is -0.880. The second-order valence-electron chi connectivity index (χ2n) is 4.03. The molecule has 96 valence electrons. The first kappa shape index (κ1) is 14.2. The Morgan fingerprint density at radius 2 is 2.35 bits per heavy atom. The molecule has 0 N–H and O–H groups in total. The molecular formula is C11H18BrN3O2. The number of halogens is 1. The highest BCUT2D eigenvalue weighted by Gasteiger charge is 2.18. The van der Waals surface area contributed by atoms with Gasteiger partial charge in [0, 0.05) is 27.7 Å². The summed E-state index contributed by atoms with van der Waals surface area (Å²) in [6, 6.07) is 1.79. The predicted octanol–water partition coefficient (Wildman–Crippen LogP) is 1.21. The van der Waals surface area contributed by atoms with E-state index in [2.05, 4.69) is 21.0 Å². The number of amides is 1. The van der Waals surface area contributed by atoms with Crippen molar-refractivity contribution < 1.29 is 9.53 Å². The summed E-state index contributed by atoms with van der Waals surface area (Å²) < 4.78 is 6.62.